The molecule has 152 valence electrons. The first-order valence-electron chi connectivity index (χ1n) is 10.4. The summed E-state index contributed by atoms with van der Waals surface area (Å²) in [6.07, 6.45) is 6.25. The standard InChI is InChI=1S/C26H20N2O3/c1-2-17-7-5-8-20-22(17)25(30)23-26(24(20)29)31-21-9-4-3-6-18(21)15-28(23)19-12-10-16(14-27)11-13-19/h4-5,7-13H,2-3,6,15H2,1H3. The third-order valence-electron chi connectivity index (χ3n) is 6.01. The average molecular weight is 408 g/mol. The minimum absolute atomic E-state index is 0.0756. The first-order valence-corrected chi connectivity index (χ1v) is 10.4. The van der Waals surface area contributed by atoms with Crippen molar-refractivity contribution in [2.75, 3.05) is 11.4 Å². The number of fused-ring (bicyclic) bond motifs is 1. The summed E-state index contributed by atoms with van der Waals surface area (Å²) in [5, 5.41) is 9.16. The molecule has 0 atom stereocenters. The molecule has 0 aromatic heterocycles. The van der Waals surface area contributed by atoms with Gasteiger partial charge in [0.05, 0.1) is 11.6 Å². The molecular formula is C26H20N2O3. The number of hydrogen-bond donors (Lipinski definition) is 0. The molecule has 3 aliphatic rings. The Morgan fingerprint density at radius 2 is 1.90 bits per heavy atom. The van der Waals surface area contributed by atoms with Gasteiger partial charge in [0.15, 0.2) is 0 Å². The molecule has 5 nitrogen and oxygen atoms in total. The van der Waals surface area contributed by atoms with E-state index in [2.05, 4.69) is 6.07 Å². The number of nitriles is 1. The lowest BCUT2D eigenvalue weighted by Gasteiger charge is -2.30. The lowest BCUT2D eigenvalue weighted by atomic mass is 9.86. The summed E-state index contributed by atoms with van der Waals surface area (Å²) in [5.74, 6) is 0.249. The highest BCUT2D eigenvalue weighted by molar-refractivity contribution is 6.28. The Hall–Kier alpha value is -3.91. The lowest BCUT2D eigenvalue weighted by molar-refractivity contribution is 0.0914. The second-order valence-corrected chi connectivity index (χ2v) is 7.78. The zero-order valence-corrected chi connectivity index (χ0v) is 17.1. The zero-order valence-electron chi connectivity index (χ0n) is 17.1. The van der Waals surface area contributed by atoms with E-state index < -0.39 is 0 Å². The fourth-order valence-electron chi connectivity index (χ4n) is 4.41. The molecule has 0 N–H and O–H groups in total. The van der Waals surface area contributed by atoms with Crippen molar-refractivity contribution in [3.05, 3.63) is 99.7 Å². The number of anilines is 1. The molecule has 5 heteroatoms. The van der Waals surface area contributed by atoms with Crippen molar-refractivity contribution in [1.82, 2.24) is 0 Å². The maximum atomic E-state index is 13.8. The van der Waals surface area contributed by atoms with Crippen LogP contribution < -0.4 is 4.90 Å². The number of benzene rings is 2. The highest BCUT2D eigenvalue weighted by Crippen LogP contribution is 2.39. The van der Waals surface area contributed by atoms with Crippen molar-refractivity contribution in [2.24, 2.45) is 0 Å². The third kappa shape index (κ3) is 3.00. The summed E-state index contributed by atoms with van der Waals surface area (Å²) >= 11 is 0. The Morgan fingerprint density at radius 1 is 1.10 bits per heavy atom. The number of ketones is 2. The Labute approximate surface area is 180 Å². The van der Waals surface area contributed by atoms with E-state index in [1.807, 2.05) is 48.2 Å². The Kier molecular flexibility index (Phi) is 4.56. The van der Waals surface area contributed by atoms with Gasteiger partial charge in [-0.05, 0) is 60.7 Å². The zero-order chi connectivity index (χ0) is 21.5. The number of Topliss-reactive ketones (excluding diaryl/α,β-unsaturated/α-hetero) is 2. The number of carbonyl (C=O) groups is 2. The summed E-state index contributed by atoms with van der Waals surface area (Å²) in [5.41, 5.74) is 4.31. The first kappa shape index (κ1) is 19.1. The molecule has 0 amide bonds. The number of carbonyl (C=O) groups excluding carboxylic acids is 2. The number of rotatable bonds is 2. The molecule has 2 aromatic rings. The number of aryl methyl sites for hydroxylation is 1. The van der Waals surface area contributed by atoms with Crippen LogP contribution in [0.25, 0.3) is 0 Å². The van der Waals surface area contributed by atoms with Crippen LogP contribution in [0, 0.1) is 11.3 Å². The van der Waals surface area contributed by atoms with E-state index >= 15 is 0 Å². The van der Waals surface area contributed by atoms with Gasteiger partial charge in [-0.1, -0.05) is 31.2 Å². The molecule has 0 saturated heterocycles. The Morgan fingerprint density at radius 3 is 2.65 bits per heavy atom. The van der Waals surface area contributed by atoms with Crippen LogP contribution in [0.2, 0.25) is 0 Å². The van der Waals surface area contributed by atoms with Gasteiger partial charge in [0.1, 0.15) is 11.5 Å². The van der Waals surface area contributed by atoms with Gasteiger partial charge in [-0.15, -0.1) is 0 Å². The Bertz CT molecular complexity index is 1260. The molecule has 1 aliphatic heterocycles. The van der Waals surface area contributed by atoms with Crippen LogP contribution in [0.3, 0.4) is 0 Å². The molecule has 0 fully saturated rings. The van der Waals surface area contributed by atoms with Crippen LogP contribution in [0.15, 0.2) is 77.4 Å². The number of nitrogens with zero attached hydrogens (tertiary/aromatic N) is 2. The largest absolute Gasteiger partial charge is 0.451 e. The minimum Gasteiger partial charge on any atom is -0.451 e. The molecular weight excluding hydrogens is 388 g/mol. The molecule has 2 aliphatic carbocycles. The lowest BCUT2D eigenvalue weighted by Crippen LogP contribution is -2.35. The summed E-state index contributed by atoms with van der Waals surface area (Å²) in [6, 6.07) is 14.6. The van der Waals surface area contributed by atoms with Gasteiger partial charge in [0, 0.05) is 23.4 Å². The maximum absolute atomic E-state index is 13.8. The van der Waals surface area contributed by atoms with Crippen LogP contribution in [-0.2, 0) is 11.2 Å². The summed E-state index contributed by atoms with van der Waals surface area (Å²) < 4.78 is 6.14. The summed E-state index contributed by atoms with van der Waals surface area (Å²) in [6.45, 7) is 2.43. The maximum Gasteiger partial charge on any atom is 0.231 e. The van der Waals surface area contributed by atoms with E-state index in [1.165, 1.54) is 0 Å². The summed E-state index contributed by atoms with van der Waals surface area (Å²) in [4.78, 5) is 29.2. The molecule has 0 spiro atoms. The first-order chi connectivity index (χ1) is 15.1. The topological polar surface area (TPSA) is 70.4 Å². The molecule has 0 radical (unpaired) electrons. The quantitative estimate of drug-likeness (QED) is 0.710. The highest BCUT2D eigenvalue weighted by Gasteiger charge is 2.40. The van der Waals surface area contributed by atoms with Crippen molar-refractivity contribution in [3.63, 3.8) is 0 Å². The van der Waals surface area contributed by atoms with Crippen LogP contribution in [-0.4, -0.2) is 18.1 Å². The second-order valence-electron chi connectivity index (χ2n) is 7.78. The van der Waals surface area contributed by atoms with Gasteiger partial charge in [-0.25, -0.2) is 0 Å². The van der Waals surface area contributed by atoms with Crippen molar-refractivity contribution in [1.29, 1.82) is 5.26 Å². The van der Waals surface area contributed by atoms with Gasteiger partial charge in [0.25, 0.3) is 0 Å². The van der Waals surface area contributed by atoms with Gasteiger partial charge < -0.3 is 9.64 Å². The molecule has 0 unspecified atom stereocenters. The minimum atomic E-state index is -0.272. The third-order valence-corrected chi connectivity index (χ3v) is 6.01. The van der Waals surface area contributed by atoms with Crippen molar-refractivity contribution >= 4 is 17.3 Å². The second kappa shape index (κ2) is 7.41. The van der Waals surface area contributed by atoms with E-state index in [9.17, 15) is 9.59 Å². The average Bonchev–Trinajstić information content (AvgIpc) is 2.99. The van der Waals surface area contributed by atoms with Gasteiger partial charge in [-0.2, -0.15) is 5.26 Å². The Balaban J connectivity index is 1.73. The van der Waals surface area contributed by atoms with Crippen molar-refractivity contribution in [2.45, 2.75) is 26.2 Å². The van der Waals surface area contributed by atoms with Crippen LogP contribution in [0.4, 0.5) is 5.69 Å². The molecule has 0 bridgehead atoms. The molecule has 31 heavy (non-hydrogen) atoms. The van der Waals surface area contributed by atoms with Crippen LogP contribution >= 0.6 is 0 Å². The van der Waals surface area contributed by atoms with E-state index in [4.69, 9.17) is 10.00 Å². The van der Waals surface area contributed by atoms with E-state index in [0.29, 0.717) is 35.4 Å². The predicted molar refractivity (Wildman–Crippen MR) is 116 cm³/mol. The highest BCUT2D eigenvalue weighted by atomic mass is 16.5. The summed E-state index contributed by atoms with van der Waals surface area (Å²) in [7, 11) is 0. The SMILES string of the molecule is CCc1cccc2c1C(=O)C1=C(OC3=C(CCC=C3)CN1c1ccc(C#N)cc1)C2=O. The van der Waals surface area contributed by atoms with Crippen LogP contribution in [0.5, 0.6) is 0 Å². The predicted octanol–water partition coefficient (Wildman–Crippen LogP) is 4.85. The molecule has 5 rings (SSSR count). The van der Waals surface area contributed by atoms with Gasteiger partial charge in [0.2, 0.25) is 17.3 Å². The monoisotopic (exact) mass is 408 g/mol. The van der Waals surface area contributed by atoms with E-state index in [1.54, 1.807) is 18.2 Å². The fraction of sp³-hybridized carbons (Fsp3) is 0.192. The van der Waals surface area contributed by atoms with Crippen LogP contribution in [0.1, 0.15) is 51.6 Å². The van der Waals surface area contributed by atoms with Crippen molar-refractivity contribution < 1.29 is 14.3 Å². The fourth-order valence-corrected chi connectivity index (χ4v) is 4.41. The van der Waals surface area contributed by atoms with E-state index in [-0.39, 0.29) is 23.0 Å². The van der Waals surface area contributed by atoms with Gasteiger partial charge in [-0.3, -0.25) is 9.59 Å². The number of allylic oxidation sites excluding steroid dienone is 4. The van der Waals surface area contributed by atoms with Crippen molar-refractivity contribution in [3.8, 4) is 6.07 Å². The smallest absolute Gasteiger partial charge is 0.231 e. The van der Waals surface area contributed by atoms with Gasteiger partial charge >= 0.3 is 0 Å². The molecule has 0 saturated carbocycles. The molecule has 2 aromatic carbocycles. The number of hydrogen-bond acceptors (Lipinski definition) is 5. The van der Waals surface area contributed by atoms with E-state index in [0.717, 1.165) is 29.7 Å². The number of ether oxygens (including phenoxy) is 1. The molecule has 1 heterocycles. The normalized spacial score (nSPS) is 17.5.